The average molecular weight is 244 g/mol. The van der Waals surface area contributed by atoms with Gasteiger partial charge in [0.15, 0.2) is 11.9 Å². The molecule has 0 amide bonds. The van der Waals surface area contributed by atoms with E-state index < -0.39 is 0 Å². The number of Topliss-reactive ketones (excluding diaryl/α,β-unsaturated/α-hetero) is 1. The first-order valence-corrected chi connectivity index (χ1v) is 6.11. The Balaban J connectivity index is 1.81. The van der Waals surface area contributed by atoms with Crippen molar-refractivity contribution >= 4 is 5.78 Å². The van der Waals surface area contributed by atoms with Gasteiger partial charge in [-0.2, -0.15) is 5.26 Å². The number of rotatable bonds is 4. The Morgan fingerprint density at radius 1 is 1.44 bits per heavy atom. The van der Waals surface area contributed by atoms with Crippen LogP contribution in [0.2, 0.25) is 0 Å². The number of nitriles is 1. The van der Waals surface area contributed by atoms with Crippen molar-refractivity contribution in [2.75, 3.05) is 26.2 Å². The number of carbonyl (C=O) groups is 1. The minimum absolute atomic E-state index is 0.149. The summed E-state index contributed by atoms with van der Waals surface area (Å²) >= 11 is 0. The monoisotopic (exact) mass is 244 g/mol. The third-order valence-electron chi connectivity index (χ3n) is 3.05. The average Bonchev–Trinajstić information content (AvgIpc) is 2.46. The fourth-order valence-corrected chi connectivity index (χ4v) is 2.01. The predicted molar refractivity (Wildman–Crippen MR) is 67.2 cm³/mol. The van der Waals surface area contributed by atoms with Crippen LogP contribution in [-0.2, 0) is 4.74 Å². The molecule has 0 N–H and O–H groups in total. The zero-order valence-electron chi connectivity index (χ0n) is 10.2. The number of hydrogen-bond donors (Lipinski definition) is 0. The first kappa shape index (κ1) is 12.7. The Morgan fingerprint density at radius 3 is 2.94 bits per heavy atom. The SMILES string of the molecule is N#CC1CN(CCC(=O)c2ccccc2)CCO1. The van der Waals surface area contributed by atoms with Gasteiger partial charge >= 0.3 is 0 Å². The van der Waals surface area contributed by atoms with Crippen molar-refractivity contribution in [3.63, 3.8) is 0 Å². The molecule has 1 aliphatic heterocycles. The summed E-state index contributed by atoms with van der Waals surface area (Å²) in [5, 5.41) is 8.80. The van der Waals surface area contributed by atoms with E-state index in [0.717, 1.165) is 12.1 Å². The zero-order valence-corrected chi connectivity index (χ0v) is 10.2. The third kappa shape index (κ3) is 3.39. The number of hydrogen-bond acceptors (Lipinski definition) is 4. The van der Waals surface area contributed by atoms with Crippen molar-refractivity contribution in [3.05, 3.63) is 35.9 Å². The Bertz CT molecular complexity index is 439. The van der Waals surface area contributed by atoms with Gasteiger partial charge in [-0.05, 0) is 0 Å². The van der Waals surface area contributed by atoms with E-state index >= 15 is 0 Å². The van der Waals surface area contributed by atoms with Gasteiger partial charge in [0.2, 0.25) is 0 Å². The van der Waals surface area contributed by atoms with Crippen LogP contribution < -0.4 is 0 Å². The molecule has 94 valence electrons. The van der Waals surface area contributed by atoms with E-state index in [4.69, 9.17) is 10.00 Å². The lowest BCUT2D eigenvalue weighted by Gasteiger charge is -2.29. The van der Waals surface area contributed by atoms with Crippen molar-refractivity contribution in [2.45, 2.75) is 12.5 Å². The molecule has 2 rings (SSSR count). The van der Waals surface area contributed by atoms with Gasteiger partial charge in [0.25, 0.3) is 0 Å². The van der Waals surface area contributed by atoms with Crippen molar-refractivity contribution < 1.29 is 9.53 Å². The number of benzene rings is 1. The van der Waals surface area contributed by atoms with Gasteiger partial charge in [0.1, 0.15) is 0 Å². The number of ketones is 1. The van der Waals surface area contributed by atoms with Gasteiger partial charge in [0.05, 0.1) is 12.7 Å². The zero-order chi connectivity index (χ0) is 12.8. The molecule has 0 radical (unpaired) electrons. The summed E-state index contributed by atoms with van der Waals surface area (Å²) in [4.78, 5) is 14.0. The first-order valence-electron chi connectivity index (χ1n) is 6.11. The second kappa shape index (κ2) is 6.29. The Morgan fingerprint density at radius 2 is 2.22 bits per heavy atom. The number of morpholine rings is 1. The van der Waals surface area contributed by atoms with Gasteiger partial charge in [-0.15, -0.1) is 0 Å². The van der Waals surface area contributed by atoms with Gasteiger partial charge < -0.3 is 4.74 Å². The predicted octanol–water partition coefficient (Wildman–Crippen LogP) is 1.48. The van der Waals surface area contributed by atoms with Crippen molar-refractivity contribution in [1.29, 1.82) is 5.26 Å². The minimum Gasteiger partial charge on any atom is -0.361 e. The van der Waals surface area contributed by atoms with Crippen LogP contribution >= 0.6 is 0 Å². The summed E-state index contributed by atoms with van der Waals surface area (Å²) in [5.74, 6) is 0.149. The summed E-state index contributed by atoms with van der Waals surface area (Å²) in [6.45, 7) is 2.64. The summed E-state index contributed by atoms with van der Waals surface area (Å²) in [5.41, 5.74) is 0.752. The summed E-state index contributed by atoms with van der Waals surface area (Å²) < 4.78 is 5.26. The molecule has 1 aromatic rings. The van der Waals surface area contributed by atoms with Crippen LogP contribution in [0.5, 0.6) is 0 Å². The van der Waals surface area contributed by atoms with Gasteiger partial charge in [-0.25, -0.2) is 0 Å². The fourth-order valence-electron chi connectivity index (χ4n) is 2.01. The second-order valence-electron chi connectivity index (χ2n) is 4.33. The standard InChI is InChI=1S/C14H16N2O2/c15-10-13-11-16(8-9-18-13)7-6-14(17)12-4-2-1-3-5-12/h1-5,13H,6-9,11H2. The second-order valence-corrected chi connectivity index (χ2v) is 4.33. The first-order chi connectivity index (χ1) is 8.79. The van der Waals surface area contributed by atoms with E-state index in [0.29, 0.717) is 26.1 Å². The molecule has 1 aromatic carbocycles. The van der Waals surface area contributed by atoms with Gasteiger partial charge in [-0.3, -0.25) is 9.69 Å². The van der Waals surface area contributed by atoms with Crippen LogP contribution in [-0.4, -0.2) is 43.0 Å². The minimum atomic E-state index is -0.356. The largest absolute Gasteiger partial charge is 0.361 e. The fraction of sp³-hybridized carbons (Fsp3) is 0.429. The molecule has 1 heterocycles. The molecule has 0 bridgehead atoms. The maximum Gasteiger partial charge on any atom is 0.164 e. The molecular weight excluding hydrogens is 228 g/mol. The normalized spacial score (nSPS) is 20.3. The molecule has 1 unspecified atom stereocenters. The Hall–Kier alpha value is -1.70. The highest BCUT2D eigenvalue weighted by atomic mass is 16.5. The van der Waals surface area contributed by atoms with Crippen molar-refractivity contribution in [1.82, 2.24) is 4.90 Å². The maximum atomic E-state index is 11.9. The molecule has 1 saturated heterocycles. The third-order valence-corrected chi connectivity index (χ3v) is 3.05. The summed E-state index contributed by atoms with van der Waals surface area (Å²) in [6.07, 6.45) is 0.132. The molecular formula is C14H16N2O2. The van der Waals surface area contributed by atoms with Crippen LogP contribution in [0.15, 0.2) is 30.3 Å². The molecule has 4 heteroatoms. The van der Waals surface area contributed by atoms with Crippen LogP contribution in [0.25, 0.3) is 0 Å². The summed E-state index contributed by atoms with van der Waals surface area (Å²) in [6, 6.07) is 11.4. The van der Waals surface area contributed by atoms with Crippen molar-refractivity contribution in [3.8, 4) is 6.07 Å². The quantitative estimate of drug-likeness (QED) is 0.753. The number of nitrogens with zero attached hydrogens (tertiary/aromatic N) is 2. The van der Waals surface area contributed by atoms with E-state index in [1.54, 1.807) is 0 Å². The highest BCUT2D eigenvalue weighted by Gasteiger charge is 2.20. The molecule has 0 aliphatic carbocycles. The Kier molecular flexibility index (Phi) is 4.46. The molecule has 1 atom stereocenters. The summed E-state index contributed by atoms with van der Waals surface area (Å²) in [7, 11) is 0. The van der Waals surface area contributed by atoms with Crippen LogP contribution in [0.1, 0.15) is 16.8 Å². The molecule has 1 fully saturated rings. The number of carbonyl (C=O) groups excluding carboxylic acids is 1. The lowest BCUT2D eigenvalue weighted by molar-refractivity contribution is 0.000555. The van der Waals surface area contributed by atoms with E-state index in [1.165, 1.54) is 0 Å². The highest BCUT2D eigenvalue weighted by Crippen LogP contribution is 2.08. The van der Waals surface area contributed by atoms with Crippen LogP contribution in [0.4, 0.5) is 0 Å². The van der Waals surface area contributed by atoms with Crippen LogP contribution in [0, 0.1) is 11.3 Å². The molecule has 4 nitrogen and oxygen atoms in total. The Labute approximate surface area is 107 Å². The van der Waals surface area contributed by atoms with E-state index in [1.807, 2.05) is 30.3 Å². The van der Waals surface area contributed by atoms with E-state index in [9.17, 15) is 4.79 Å². The smallest absolute Gasteiger partial charge is 0.164 e. The molecule has 0 spiro atoms. The van der Waals surface area contributed by atoms with Crippen LogP contribution in [0.3, 0.4) is 0 Å². The van der Waals surface area contributed by atoms with Gasteiger partial charge in [0, 0.05) is 31.6 Å². The molecule has 0 aromatic heterocycles. The highest BCUT2D eigenvalue weighted by molar-refractivity contribution is 5.96. The topological polar surface area (TPSA) is 53.3 Å². The lowest BCUT2D eigenvalue weighted by Crippen LogP contribution is -2.42. The van der Waals surface area contributed by atoms with Crippen molar-refractivity contribution in [2.24, 2.45) is 0 Å². The molecule has 1 aliphatic rings. The number of ether oxygens (including phenoxy) is 1. The van der Waals surface area contributed by atoms with Gasteiger partial charge in [-0.1, -0.05) is 30.3 Å². The van der Waals surface area contributed by atoms with E-state index in [2.05, 4.69) is 11.0 Å². The van der Waals surface area contributed by atoms with E-state index in [-0.39, 0.29) is 11.9 Å². The molecule has 0 saturated carbocycles. The molecule has 18 heavy (non-hydrogen) atoms. The maximum absolute atomic E-state index is 11.9. The lowest BCUT2D eigenvalue weighted by atomic mass is 10.1.